The lowest BCUT2D eigenvalue weighted by atomic mass is 9.94. The Morgan fingerprint density at radius 3 is 2.79 bits per heavy atom. The van der Waals surface area contributed by atoms with Crippen LogP contribution in [0.4, 0.5) is 0 Å². The topological polar surface area (TPSA) is 75.3 Å². The first kappa shape index (κ1) is 16.7. The molecule has 1 fully saturated rings. The molecule has 6 nitrogen and oxygen atoms in total. The molecular weight excluding hydrogens is 328 g/mol. The highest BCUT2D eigenvalue weighted by atomic mass is 35.5. The zero-order chi connectivity index (χ0) is 16.9. The van der Waals surface area contributed by atoms with Gasteiger partial charge in [0.05, 0.1) is 19.1 Å². The van der Waals surface area contributed by atoms with Crippen molar-refractivity contribution >= 4 is 17.5 Å². The summed E-state index contributed by atoms with van der Waals surface area (Å²) in [6, 6.07) is 11.1. The molecule has 0 radical (unpaired) electrons. The number of amides is 1. The molecule has 1 saturated heterocycles. The van der Waals surface area contributed by atoms with Gasteiger partial charge in [-0.1, -0.05) is 29.8 Å². The van der Waals surface area contributed by atoms with Crippen molar-refractivity contribution in [3.8, 4) is 5.88 Å². The molecule has 7 heteroatoms. The Labute approximate surface area is 145 Å². The molecule has 1 aromatic heterocycles. The highest BCUT2D eigenvalue weighted by molar-refractivity contribution is 6.30. The summed E-state index contributed by atoms with van der Waals surface area (Å²) in [7, 11) is 1.57. The second-order valence-electron chi connectivity index (χ2n) is 5.59. The summed E-state index contributed by atoms with van der Waals surface area (Å²) in [5, 5.41) is 3.64. The molecule has 24 heavy (non-hydrogen) atoms. The summed E-state index contributed by atoms with van der Waals surface area (Å²) >= 11 is 5.93. The molecule has 2 aromatic rings. The third-order valence-corrected chi connectivity index (χ3v) is 4.27. The van der Waals surface area contributed by atoms with Gasteiger partial charge in [0.2, 0.25) is 11.8 Å². The summed E-state index contributed by atoms with van der Waals surface area (Å²) in [6.07, 6.45) is 1.70. The molecule has 0 saturated carbocycles. The van der Waals surface area contributed by atoms with Crippen molar-refractivity contribution in [3.05, 3.63) is 58.7 Å². The molecular formula is C17H19ClN4O2. The van der Waals surface area contributed by atoms with Gasteiger partial charge in [0.1, 0.15) is 0 Å². The molecule has 0 aliphatic carbocycles. The fourth-order valence-corrected chi connectivity index (χ4v) is 2.81. The van der Waals surface area contributed by atoms with Crippen LogP contribution >= 0.6 is 11.6 Å². The third-order valence-electron chi connectivity index (χ3n) is 4.02. The minimum atomic E-state index is -0.197. The van der Waals surface area contributed by atoms with Crippen LogP contribution in [0.5, 0.6) is 5.88 Å². The van der Waals surface area contributed by atoms with Crippen LogP contribution in [0.3, 0.4) is 0 Å². The number of methoxy groups -OCH3 is 1. The molecule has 2 atom stereocenters. The Balaban J connectivity index is 1.61. The van der Waals surface area contributed by atoms with E-state index in [9.17, 15) is 4.79 Å². The molecule has 0 bridgehead atoms. The van der Waals surface area contributed by atoms with E-state index in [1.165, 1.54) is 0 Å². The van der Waals surface area contributed by atoms with Crippen molar-refractivity contribution in [2.24, 2.45) is 5.92 Å². The van der Waals surface area contributed by atoms with Crippen LogP contribution in [0.1, 0.15) is 17.2 Å². The zero-order valence-electron chi connectivity index (χ0n) is 13.3. The van der Waals surface area contributed by atoms with E-state index in [2.05, 4.69) is 21.2 Å². The number of pyridine rings is 1. The van der Waals surface area contributed by atoms with E-state index in [0.717, 1.165) is 11.1 Å². The standard InChI is InChI=1S/C17H19ClN4O2/c1-24-15-7-2-11(8-19-15)9-20-17(23)14-10-21-22-16(14)12-3-5-13(18)6-4-12/h2-8,14,16,21-22H,9-10H2,1H3,(H,20,23). The minimum absolute atomic E-state index is 0.0109. The second-order valence-corrected chi connectivity index (χ2v) is 6.02. The summed E-state index contributed by atoms with van der Waals surface area (Å²) < 4.78 is 5.02. The van der Waals surface area contributed by atoms with Crippen LogP contribution in [0.25, 0.3) is 0 Å². The number of hydrazine groups is 1. The van der Waals surface area contributed by atoms with Gasteiger partial charge in [0.25, 0.3) is 0 Å². The molecule has 3 rings (SSSR count). The summed E-state index contributed by atoms with van der Waals surface area (Å²) in [5.41, 5.74) is 8.16. The van der Waals surface area contributed by atoms with Crippen molar-refractivity contribution in [2.75, 3.05) is 13.7 Å². The number of hydrogen-bond acceptors (Lipinski definition) is 5. The minimum Gasteiger partial charge on any atom is -0.481 e. The van der Waals surface area contributed by atoms with E-state index >= 15 is 0 Å². The molecule has 3 N–H and O–H groups in total. The normalized spacial score (nSPS) is 19.9. The van der Waals surface area contributed by atoms with Crippen LogP contribution < -0.4 is 20.9 Å². The molecule has 0 spiro atoms. The van der Waals surface area contributed by atoms with Gasteiger partial charge in [-0.3, -0.25) is 10.2 Å². The maximum absolute atomic E-state index is 12.5. The van der Waals surface area contributed by atoms with Gasteiger partial charge in [-0.25, -0.2) is 10.4 Å². The Bertz CT molecular complexity index is 691. The predicted molar refractivity (Wildman–Crippen MR) is 91.5 cm³/mol. The summed E-state index contributed by atoms with van der Waals surface area (Å²) in [5.74, 6) is 0.345. The molecule has 1 aromatic carbocycles. The molecule has 1 aliphatic heterocycles. The quantitative estimate of drug-likeness (QED) is 0.770. The molecule has 1 amide bonds. The number of nitrogens with one attached hydrogen (secondary N) is 3. The van der Waals surface area contributed by atoms with Crippen molar-refractivity contribution < 1.29 is 9.53 Å². The van der Waals surface area contributed by atoms with Crippen LogP contribution in [0, 0.1) is 5.92 Å². The van der Waals surface area contributed by atoms with E-state index in [1.54, 1.807) is 19.4 Å². The second kappa shape index (κ2) is 7.61. The van der Waals surface area contributed by atoms with Crippen molar-refractivity contribution in [3.63, 3.8) is 0 Å². The highest BCUT2D eigenvalue weighted by Gasteiger charge is 2.33. The number of rotatable bonds is 5. The van der Waals surface area contributed by atoms with Gasteiger partial charge in [-0.05, 0) is 23.3 Å². The van der Waals surface area contributed by atoms with Gasteiger partial charge in [0.15, 0.2) is 0 Å². The van der Waals surface area contributed by atoms with Crippen molar-refractivity contribution in [2.45, 2.75) is 12.6 Å². The van der Waals surface area contributed by atoms with Gasteiger partial charge in [-0.15, -0.1) is 0 Å². The average molecular weight is 347 g/mol. The number of ether oxygens (including phenoxy) is 1. The molecule has 126 valence electrons. The summed E-state index contributed by atoms with van der Waals surface area (Å²) in [4.78, 5) is 16.7. The number of nitrogens with zero attached hydrogens (tertiary/aromatic N) is 1. The first-order valence-electron chi connectivity index (χ1n) is 7.68. The fourth-order valence-electron chi connectivity index (χ4n) is 2.68. The molecule has 2 unspecified atom stereocenters. The fraction of sp³-hybridized carbons (Fsp3) is 0.294. The zero-order valence-corrected chi connectivity index (χ0v) is 14.0. The van der Waals surface area contributed by atoms with E-state index in [0.29, 0.717) is 24.0 Å². The van der Waals surface area contributed by atoms with E-state index in [-0.39, 0.29) is 17.9 Å². The first-order valence-corrected chi connectivity index (χ1v) is 8.05. The Kier molecular flexibility index (Phi) is 5.30. The Morgan fingerprint density at radius 2 is 2.12 bits per heavy atom. The lowest BCUT2D eigenvalue weighted by Gasteiger charge is -2.18. The van der Waals surface area contributed by atoms with Crippen LogP contribution in [-0.4, -0.2) is 24.5 Å². The third kappa shape index (κ3) is 3.84. The number of benzene rings is 1. The number of aromatic nitrogens is 1. The first-order chi connectivity index (χ1) is 11.7. The van der Waals surface area contributed by atoms with E-state index in [1.807, 2.05) is 30.3 Å². The maximum Gasteiger partial charge on any atom is 0.226 e. The molecule has 1 aliphatic rings. The lowest BCUT2D eigenvalue weighted by molar-refractivity contribution is -0.125. The van der Waals surface area contributed by atoms with Crippen LogP contribution in [-0.2, 0) is 11.3 Å². The van der Waals surface area contributed by atoms with Gasteiger partial charge in [-0.2, -0.15) is 0 Å². The number of carbonyl (C=O) groups is 1. The highest BCUT2D eigenvalue weighted by Crippen LogP contribution is 2.26. The smallest absolute Gasteiger partial charge is 0.226 e. The van der Waals surface area contributed by atoms with Gasteiger partial charge in [0, 0.05) is 30.4 Å². The van der Waals surface area contributed by atoms with Crippen LogP contribution in [0.2, 0.25) is 5.02 Å². The van der Waals surface area contributed by atoms with Crippen LogP contribution in [0.15, 0.2) is 42.6 Å². The SMILES string of the molecule is COc1ccc(CNC(=O)C2CNNC2c2ccc(Cl)cc2)cn1. The van der Waals surface area contributed by atoms with E-state index < -0.39 is 0 Å². The maximum atomic E-state index is 12.5. The monoisotopic (exact) mass is 346 g/mol. The van der Waals surface area contributed by atoms with Crippen molar-refractivity contribution in [1.29, 1.82) is 0 Å². The molecule has 2 heterocycles. The van der Waals surface area contributed by atoms with Crippen molar-refractivity contribution in [1.82, 2.24) is 21.2 Å². The summed E-state index contributed by atoms with van der Waals surface area (Å²) in [6.45, 7) is 1.000. The van der Waals surface area contributed by atoms with Gasteiger partial charge >= 0.3 is 0 Å². The van der Waals surface area contributed by atoms with E-state index in [4.69, 9.17) is 16.3 Å². The Hall–Kier alpha value is -2.15. The largest absolute Gasteiger partial charge is 0.481 e. The number of halogens is 1. The average Bonchev–Trinajstić information content (AvgIpc) is 3.10. The number of hydrogen-bond donors (Lipinski definition) is 3. The number of carbonyl (C=O) groups excluding carboxylic acids is 1. The lowest BCUT2D eigenvalue weighted by Crippen LogP contribution is -2.34. The predicted octanol–water partition coefficient (Wildman–Crippen LogP) is 1.83. The Morgan fingerprint density at radius 1 is 1.33 bits per heavy atom. The van der Waals surface area contributed by atoms with Gasteiger partial charge < -0.3 is 10.1 Å².